The fraction of sp³-hybridized carbons (Fsp3) is 0.571. The summed E-state index contributed by atoms with van der Waals surface area (Å²) < 4.78 is 65.1. The van der Waals surface area contributed by atoms with Crippen LogP contribution in [0.25, 0.3) is 0 Å². The van der Waals surface area contributed by atoms with E-state index in [1.54, 1.807) is 0 Å². The van der Waals surface area contributed by atoms with Gasteiger partial charge in [0, 0.05) is 39.3 Å². The van der Waals surface area contributed by atoms with Gasteiger partial charge in [0.15, 0.2) is 0 Å². The van der Waals surface area contributed by atoms with Gasteiger partial charge in [0.2, 0.25) is 10.0 Å². The highest BCUT2D eigenvalue weighted by Crippen LogP contribution is 2.32. The van der Waals surface area contributed by atoms with Crippen LogP contribution >= 0.6 is 0 Å². The highest BCUT2D eigenvalue weighted by atomic mass is 32.2. The van der Waals surface area contributed by atoms with Crippen molar-refractivity contribution in [3.05, 3.63) is 35.4 Å². The number of halogens is 3. The number of benzene rings is 1. The molecule has 130 valence electrons. The molecule has 2 N–H and O–H groups in total. The van der Waals surface area contributed by atoms with Crippen LogP contribution in [0.1, 0.15) is 11.1 Å². The Labute approximate surface area is 133 Å². The number of hydrogen-bond acceptors (Lipinski definition) is 4. The first-order valence-corrected chi connectivity index (χ1v) is 8.99. The van der Waals surface area contributed by atoms with Gasteiger partial charge in [-0.2, -0.15) is 13.2 Å². The zero-order chi connectivity index (χ0) is 16.9. The van der Waals surface area contributed by atoms with Gasteiger partial charge in [0.1, 0.15) is 0 Å². The highest BCUT2D eigenvalue weighted by molar-refractivity contribution is 7.88. The monoisotopic (exact) mass is 351 g/mol. The third-order valence-corrected chi connectivity index (χ3v) is 4.96. The Hall–Kier alpha value is -1.16. The number of nitrogens with zero attached hydrogens (tertiary/aromatic N) is 1. The van der Waals surface area contributed by atoms with Crippen LogP contribution in [0.2, 0.25) is 0 Å². The summed E-state index contributed by atoms with van der Waals surface area (Å²) >= 11 is 0. The van der Waals surface area contributed by atoms with Gasteiger partial charge in [-0.25, -0.2) is 13.1 Å². The number of piperazine rings is 1. The predicted octanol–water partition coefficient (Wildman–Crippen LogP) is 1.03. The maximum atomic E-state index is 12.9. The number of sulfonamides is 1. The van der Waals surface area contributed by atoms with Gasteiger partial charge in [0.05, 0.1) is 11.3 Å². The van der Waals surface area contributed by atoms with E-state index in [4.69, 9.17) is 0 Å². The van der Waals surface area contributed by atoms with Gasteiger partial charge in [-0.05, 0) is 11.6 Å². The van der Waals surface area contributed by atoms with Crippen molar-refractivity contribution < 1.29 is 21.6 Å². The second kappa shape index (κ2) is 7.61. The van der Waals surface area contributed by atoms with E-state index in [0.29, 0.717) is 6.54 Å². The molecule has 5 nitrogen and oxygen atoms in total. The summed E-state index contributed by atoms with van der Waals surface area (Å²) in [6, 6.07) is 4.74. The maximum absolute atomic E-state index is 12.9. The highest BCUT2D eigenvalue weighted by Gasteiger charge is 2.33. The molecule has 0 spiro atoms. The molecule has 0 atom stereocenters. The van der Waals surface area contributed by atoms with E-state index in [9.17, 15) is 21.6 Å². The van der Waals surface area contributed by atoms with Crippen LogP contribution in [0.5, 0.6) is 0 Å². The Morgan fingerprint density at radius 2 is 1.83 bits per heavy atom. The van der Waals surface area contributed by atoms with E-state index in [1.807, 2.05) is 0 Å². The molecule has 0 amide bonds. The minimum Gasteiger partial charge on any atom is -0.314 e. The molecule has 0 saturated carbocycles. The number of alkyl halides is 3. The van der Waals surface area contributed by atoms with Gasteiger partial charge in [-0.15, -0.1) is 0 Å². The normalized spacial score (nSPS) is 17.3. The molecule has 2 rings (SSSR count). The summed E-state index contributed by atoms with van der Waals surface area (Å²) in [5, 5.41) is 3.19. The topological polar surface area (TPSA) is 61.4 Å². The van der Waals surface area contributed by atoms with Crippen molar-refractivity contribution in [3.8, 4) is 0 Å². The molecular weight excluding hydrogens is 331 g/mol. The molecule has 9 heteroatoms. The van der Waals surface area contributed by atoms with Crippen LogP contribution in [0, 0.1) is 0 Å². The lowest BCUT2D eigenvalue weighted by Gasteiger charge is -2.27. The summed E-state index contributed by atoms with van der Waals surface area (Å²) in [7, 11) is -3.81. The third-order valence-electron chi connectivity index (χ3n) is 3.63. The van der Waals surface area contributed by atoms with Gasteiger partial charge in [-0.3, -0.25) is 4.90 Å². The average Bonchev–Trinajstić information content (AvgIpc) is 2.47. The summed E-state index contributed by atoms with van der Waals surface area (Å²) in [6.45, 7) is 4.10. The van der Waals surface area contributed by atoms with E-state index < -0.39 is 27.5 Å². The predicted molar refractivity (Wildman–Crippen MR) is 81.4 cm³/mol. The third kappa shape index (κ3) is 5.76. The van der Waals surface area contributed by atoms with Crippen molar-refractivity contribution in [1.82, 2.24) is 14.9 Å². The number of hydrogen-bond donors (Lipinski definition) is 2. The Bertz CT molecular complexity index is 614. The molecule has 0 radical (unpaired) electrons. The molecule has 1 fully saturated rings. The quantitative estimate of drug-likeness (QED) is 0.804. The second-order valence-corrected chi connectivity index (χ2v) is 7.21. The van der Waals surface area contributed by atoms with Crippen LogP contribution in [-0.4, -0.2) is 52.6 Å². The Morgan fingerprint density at radius 3 is 2.48 bits per heavy atom. The Kier molecular flexibility index (Phi) is 6.01. The van der Waals surface area contributed by atoms with Gasteiger partial charge >= 0.3 is 6.18 Å². The number of rotatable bonds is 6. The lowest BCUT2D eigenvalue weighted by atomic mass is 10.1. The van der Waals surface area contributed by atoms with Gasteiger partial charge in [-0.1, -0.05) is 18.2 Å². The van der Waals surface area contributed by atoms with Crippen molar-refractivity contribution in [2.45, 2.75) is 11.9 Å². The first-order valence-electron chi connectivity index (χ1n) is 7.33. The van der Waals surface area contributed by atoms with Crippen LogP contribution in [0.4, 0.5) is 13.2 Å². The minimum atomic E-state index is -4.56. The SMILES string of the molecule is O=S(=O)(Cc1ccccc1C(F)(F)F)NCCN1CCNCC1. The smallest absolute Gasteiger partial charge is 0.314 e. The van der Waals surface area contributed by atoms with Crippen LogP contribution < -0.4 is 10.0 Å². The maximum Gasteiger partial charge on any atom is 0.416 e. The summed E-state index contributed by atoms with van der Waals surface area (Å²) in [5.74, 6) is -0.676. The largest absolute Gasteiger partial charge is 0.416 e. The first-order chi connectivity index (χ1) is 10.8. The van der Waals surface area contributed by atoms with E-state index in [1.165, 1.54) is 18.2 Å². The molecule has 0 unspecified atom stereocenters. The molecule has 1 aromatic rings. The van der Waals surface area contributed by atoms with E-state index in [-0.39, 0.29) is 12.1 Å². The van der Waals surface area contributed by atoms with Crippen molar-refractivity contribution in [2.75, 3.05) is 39.3 Å². The molecule has 1 saturated heterocycles. The van der Waals surface area contributed by atoms with Crippen molar-refractivity contribution >= 4 is 10.0 Å². The molecule has 1 aliphatic rings. The molecule has 0 aliphatic carbocycles. The lowest BCUT2D eigenvalue weighted by molar-refractivity contribution is -0.138. The van der Waals surface area contributed by atoms with Gasteiger partial charge < -0.3 is 5.32 Å². The fourth-order valence-corrected chi connectivity index (χ4v) is 3.64. The van der Waals surface area contributed by atoms with Gasteiger partial charge in [0.25, 0.3) is 0 Å². The molecule has 1 aliphatic heterocycles. The van der Waals surface area contributed by atoms with E-state index in [0.717, 1.165) is 32.2 Å². The molecule has 0 aromatic heterocycles. The minimum absolute atomic E-state index is 0.191. The van der Waals surface area contributed by atoms with Crippen molar-refractivity contribution in [2.24, 2.45) is 0 Å². The lowest BCUT2D eigenvalue weighted by Crippen LogP contribution is -2.46. The average molecular weight is 351 g/mol. The Morgan fingerprint density at radius 1 is 1.17 bits per heavy atom. The van der Waals surface area contributed by atoms with E-state index in [2.05, 4.69) is 14.9 Å². The van der Waals surface area contributed by atoms with Crippen molar-refractivity contribution in [1.29, 1.82) is 0 Å². The molecule has 1 aromatic carbocycles. The van der Waals surface area contributed by atoms with Crippen molar-refractivity contribution in [3.63, 3.8) is 0 Å². The molecule has 23 heavy (non-hydrogen) atoms. The molecular formula is C14H20F3N3O2S. The number of nitrogens with one attached hydrogen (secondary N) is 2. The fourth-order valence-electron chi connectivity index (χ4n) is 2.47. The van der Waals surface area contributed by atoms with Crippen LogP contribution in [-0.2, 0) is 22.0 Å². The standard InChI is InChI=1S/C14H20F3N3O2S/c15-14(16,17)13-4-2-1-3-12(13)11-23(21,22)19-7-10-20-8-5-18-6-9-20/h1-4,18-19H,5-11H2. The van der Waals surface area contributed by atoms with Crippen LogP contribution in [0.3, 0.4) is 0 Å². The zero-order valence-corrected chi connectivity index (χ0v) is 13.4. The second-order valence-electron chi connectivity index (χ2n) is 5.40. The zero-order valence-electron chi connectivity index (χ0n) is 12.6. The summed E-state index contributed by atoms with van der Waals surface area (Å²) in [5.41, 5.74) is -1.15. The summed E-state index contributed by atoms with van der Waals surface area (Å²) in [6.07, 6.45) is -4.56. The van der Waals surface area contributed by atoms with Crippen LogP contribution in [0.15, 0.2) is 24.3 Å². The Balaban J connectivity index is 1.93. The molecule has 0 bridgehead atoms. The summed E-state index contributed by atoms with van der Waals surface area (Å²) in [4.78, 5) is 2.10. The molecule has 1 heterocycles. The van der Waals surface area contributed by atoms with E-state index >= 15 is 0 Å². The first kappa shape index (κ1) is 18.2.